The van der Waals surface area contributed by atoms with Gasteiger partial charge in [0.25, 0.3) is 0 Å². The van der Waals surface area contributed by atoms with Crippen LogP contribution in [-0.4, -0.2) is 60.3 Å². The van der Waals surface area contributed by atoms with Crippen LogP contribution in [0.5, 0.6) is 0 Å². The lowest BCUT2D eigenvalue weighted by atomic mass is 9.92. The molecule has 2 fully saturated rings. The summed E-state index contributed by atoms with van der Waals surface area (Å²) in [4.78, 5) is 24.9. The van der Waals surface area contributed by atoms with Crippen LogP contribution < -0.4 is 5.32 Å². The van der Waals surface area contributed by atoms with Gasteiger partial charge in [-0.1, -0.05) is 0 Å². The number of carbonyl (C=O) groups excluding carboxylic acids is 1. The maximum atomic E-state index is 12.2. The van der Waals surface area contributed by atoms with E-state index in [1.807, 2.05) is 6.92 Å². The molecule has 0 saturated carbocycles. The Bertz CT molecular complexity index is 355. The Morgan fingerprint density at radius 1 is 1.30 bits per heavy atom. The summed E-state index contributed by atoms with van der Waals surface area (Å²) in [5.74, 6) is -1.09. The zero-order chi connectivity index (χ0) is 14.5. The van der Waals surface area contributed by atoms with E-state index in [0.717, 1.165) is 25.9 Å². The van der Waals surface area contributed by atoms with E-state index in [-0.39, 0.29) is 30.6 Å². The van der Waals surface area contributed by atoms with Crippen molar-refractivity contribution in [3.63, 3.8) is 0 Å². The molecule has 2 rings (SSSR count). The molecular formula is C14H24N2O4. The fourth-order valence-corrected chi connectivity index (χ4v) is 3.00. The van der Waals surface area contributed by atoms with Crippen molar-refractivity contribution in [2.75, 3.05) is 26.2 Å². The summed E-state index contributed by atoms with van der Waals surface area (Å²) in [6.45, 7) is 4.44. The van der Waals surface area contributed by atoms with Crippen molar-refractivity contribution in [2.24, 2.45) is 5.92 Å². The summed E-state index contributed by atoms with van der Waals surface area (Å²) < 4.78 is 5.67. The van der Waals surface area contributed by atoms with Gasteiger partial charge in [-0.3, -0.25) is 9.59 Å². The summed E-state index contributed by atoms with van der Waals surface area (Å²) in [6.07, 6.45) is 3.15. The molecule has 0 aromatic heterocycles. The molecule has 2 unspecified atom stereocenters. The van der Waals surface area contributed by atoms with Gasteiger partial charge < -0.3 is 20.1 Å². The molecule has 20 heavy (non-hydrogen) atoms. The van der Waals surface area contributed by atoms with Crippen LogP contribution in [0, 0.1) is 5.92 Å². The van der Waals surface area contributed by atoms with Crippen molar-refractivity contribution >= 4 is 11.9 Å². The van der Waals surface area contributed by atoms with Crippen LogP contribution in [0.25, 0.3) is 0 Å². The van der Waals surface area contributed by atoms with Crippen LogP contribution in [0.15, 0.2) is 0 Å². The molecule has 2 saturated heterocycles. The number of carboxylic acid groups (broad SMARTS) is 1. The Kier molecular flexibility index (Phi) is 5.37. The molecule has 2 N–H and O–H groups in total. The number of rotatable bonds is 4. The number of likely N-dealkylation sites (tertiary alicyclic amines) is 1. The van der Waals surface area contributed by atoms with Crippen molar-refractivity contribution < 1.29 is 19.4 Å². The molecule has 6 nitrogen and oxygen atoms in total. The van der Waals surface area contributed by atoms with E-state index in [1.54, 1.807) is 4.90 Å². The first-order valence-corrected chi connectivity index (χ1v) is 7.42. The lowest BCUT2D eigenvalue weighted by Gasteiger charge is -2.36. The van der Waals surface area contributed by atoms with E-state index in [1.165, 1.54) is 0 Å². The number of nitrogens with one attached hydrogen (secondary N) is 1. The number of nitrogens with zero attached hydrogens (tertiary/aromatic N) is 1. The first-order chi connectivity index (χ1) is 9.58. The Labute approximate surface area is 119 Å². The zero-order valence-corrected chi connectivity index (χ0v) is 12.0. The average Bonchev–Trinajstić information content (AvgIpc) is 2.45. The minimum absolute atomic E-state index is 0.0140. The molecule has 2 heterocycles. The fraction of sp³-hybridized carbons (Fsp3) is 0.857. The van der Waals surface area contributed by atoms with Gasteiger partial charge in [0.05, 0.1) is 12.0 Å². The standard InChI is InChI=1S/C14H24N2O4/c1-10-8-11(14(18)19)4-7-16(10)13(17)9-20-12-2-5-15-6-3-12/h10-12,15H,2-9H2,1H3,(H,18,19). The second kappa shape index (κ2) is 7.04. The van der Waals surface area contributed by atoms with Gasteiger partial charge in [0.1, 0.15) is 6.61 Å². The molecule has 0 spiro atoms. The molecule has 2 aliphatic rings. The van der Waals surface area contributed by atoms with Crippen molar-refractivity contribution in [1.29, 1.82) is 0 Å². The summed E-state index contributed by atoms with van der Waals surface area (Å²) >= 11 is 0. The smallest absolute Gasteiger partial charge is 0.306 e. The fourth-order valence-electron chi connectivity index (χ4n) is 3.00. The molecule has 2 aliphatic heterocycles. The average molecular weight is 284 g/mol. The second-order valence-corrected chi connectivity index (χ2v) is 5.76. The van der Waals surface area contributed by atoms with Gasteiger partial charge in [-0.15, -0.1) is 0 Å². The number of carboxylic acids is 1. The first-order valence-electron chi connectivity index (χ1n) is 7.42. The predicted molar refractivity (Wildman–Crippen MR) is 73.4 cm³/mol. The van der Waals surface area contributed by atoms with Gasteiger partial charge in [0, 0.05) is 12.6 Å². The van der Waals surface area contributed by atoms with Gasteiger partial charge in [-0.05, 0) is 45.7 Å². The molecule has 0 aliphatic carbocycles. The molecule has 2 atom stereocenters. The zero-order valence-electron chi connectivity index (χ0n) is 12.0. The lowest BCUT2D eigenvalue weighted by Crippen LogP contribution is -2.48. The molecule has 0 bridgehead atoms. The predicted octanol–water partition coefficient (Wildman–Crippen LogP) is 0.467. The second-order valence-electron chi connectivity index (χ2n) is 5.76. The molecule has 6 heteroatoms. The number of aliphatic carboxylic acids is 1. The third-order valence-electron chi connectivity index (χ3n) is 4.27. The van der Waals surface area contributed by atoms with Gasteiger partial charge in [-0.25, -0.2) is 0 Å². The number of piperidine rings is 2. The molecule has 0 aromatic rings. The summed E-state index contributed by atoms with van der Waals surface area (Å²) in [5, 5.41) is 12.3. The number of hydrogen-bond acceptors (Lipinski definition) is 4. The maximum Gasteiger partial charge on any atom is 0.306 e. The third-order valence-corrected chi connectivity index (χ3v) is 4.27. The van der Waals surface area contributed by atoms with Crippen LogP contribution >= 0.6 is 0 Å². The Balaban J connectivity index is 1.76. The van der Waals surface area contributed by atoms with Crippen LogP contribution in [-0.2, 0) is 14.3 Å². The van der Waals surface area contributed by atoms with Gasteiger partial charge >= 0.3 is 5.97 Å². The Morgan fingerprint density at radius 2 is 2.00 bits per heavy atom. The first kappa shape index (κ1) is 15.3. The molecular weight excluding hydrogens is 260 g/mol. The van der Waals surface area contributed by atoms with Crippen LogP contribution in [0.2, 0.25) is 0 Å². The quantitative estimate of drug-likeness (QED) is 0.784. The van der Waals surface area contributed by atoms with Crippen LogP contribution in [0.3, 0.4) is 0 Å². The SMILES string of the molecule is CC1CC(C(=O)O)CCN1C(=O)COC1CCNCC1. The highest BCUT2D eigenvalue weighted by molar-refractivity contribution is 5.78. The van der Waals surface area contributed by atoms with Crippen LogP contribution in [0.1, 0.15) is 32.6 Å². The summed E-state index contributed by atoms with van der Waals surface area (Å²) in [7, 11) is 0. The summed E-state index contributed by atoms with van der Waals surface area (Å²) in [5.41, 5.74) is 0. The highest BCUT2D eigenvalue weighted by atomic mass is 16.5. The number of amides is 1. The van der Waals surface area contributed by atoms with E-state index < -0.39 is 5.97 Å². The highest BCUT2D eigenvalue weighted by Crippen LogP contribution is 2.23. The minimum atomic E-state index is -0.755. The van der Waals surface area contributed by atoms with E-state index in [9.17, 15) is 9.59 Å². The van der Waals surface area contributed by atoms with E-state index >= 15 is 0 Å². The Morgan fingerprint density at radius 3 is 2.60 bits per heavy atom. The Hall–Kier alpha value is -1.14. The van der Waals surface area contributed by atoms with Crippen molar-refractivity contribution in [3.05, 3.63) is 0 Å². The molecule has 1 amide bonds. The largest absolute Gasteiger partial charge is 0.481 e. The lowest BCUT2D eigenvalue weighted by molar-refractivity contribution is -0.150. The normalized spacial score (nSPS) is 28.4. The number of carbonyl (C=O) groups is 2. The van der Waals surface area contributed by atoms with Gasteiger partial charge in [0.15, 0.2) is 0 Å². The third kappa shape index (κ3) is 3.93. The van der Waals surface area contributed by atoms with Gasteiger partial charge in [-0.2, -0.15) is 0 Å². The van der Waals surface area contributed by atoms with E-state index in [4.69, 9.17) is 9.84 Å². The monoisotopic (exact) mass is 284 g/mol. The van der Waals surface area contributed by atoms with Crippen molar-refractivity contribution in [3.8, 4) is 0 Å². The minimum Gasteiger partial charge on any atom is -0.481 e. The number of hydrogen-bond donors (Lipinski definition) is 2. The molecule has 0 radical (unpaired) electrons. The van der Waals surface area contributed by atoms with E-state index in [2.05, 4.69) is 5.32 Å². The van der Waals surface area contributed by atoms with Crippen molar-refractivity contribution in [2.45, 2.75) is 44.8 Å². The van der Waals surface area contributed by atoms with Crippen LogP contribution in [0.4, 0.5) is 0 Å². The summed E-state index contributed by atoms with van der Waals surface area (Å²) in [6, 6.07) is -0.0195. The van der Waals surface area contributed by atoms with E-state index in [0.29, 0.717) is 19.4 Å². The van der Waals surface area contributed by atoms with Crippen molar-refractivity contribution in [1.82, 2.24) is 10.2 Å². The molecule has 0 aromatic carbocycles. The van der Waals surface area contributed by atoms with Gasteiger partial charge in [0.2, 0.25) is 5.91 Å². The topological polar surface area (TPSA) is 78.9 Å². The maximum absolute atomic E-state index is 12.2. The molecule has 114 valence electrons. The highest BCUT2D eigenvalue weighted by Gasteiger charge is 2.32. The number of ether oxygens (including phenoxy) is 1.